The Balaban J connectivity index is 2.43. The van der Waals surface area contributed by atoms with Gasteiger partial charge in [0.05, 0.1) is 12.3 Å². The molecule has 0 unspecified atom stereocenters. The third-order valence-corrected chi connectivity index (χ3v) is 4.94. The molecule has 0 aromatic carbocycles. The minimum absolute atomic E-state index is 0.141. The van der Waals surface area contributed by atoms with E-state index in [1.807, 2.05) is 19.1 Å². The summed E-state index contributed by atoms with van der Waals surface area (Å²) < 4.78 is 11.1. The second-order valence-corrected chi connectivity index (χ2v) is 7.03. The standard InChI is InChI=1S/C21H26O6/c1-5-13(3)20(24)26-17-10-15(11-18(22)23)8-6-7-12(2)9-16-19(17)14(4)21(25)27-16/h5,8-9,16-17,19H,4,6-7,10-11H2,1-3H3,(H,22,23)/b12-9+,13-5+,15-8-/t16-,17-,19+/m1/s1. The summed E-state index contributed by atoms with van der Waals surface area (Å²) >= 11 is 0. The maximum absolute atomic E-state index is 12.4. The minimum Gasteiger partial charge on any atom is -0.481 e. The minimum atomic E-state index is -0.950. The van der Waals surface area contributed by atoms with Crippen molar-refractivity contribution in [1.82, 2.24) is 0 Å². The van der Waals surface area contributed by atoms with Crippen LogP contribution >= 0.6 is 0 Å². The predicted octanol–water partition coefficient (Wildman–Crippen LogP) is 3.49. The second-order valence-electron chi connectivity index (χ2n) is 7.03. The van der Waals surface area contributed by atoms with Gasteiger partial charge in [-0.15, -0.1) is 0 Å². The molecule has 0 aromatic rings. The normalized spacial score (nSPS) is 30.3. The van der Waals surface area contributed by atoms with Crippen LogP contribution < -0.4 is 0 Å². The molecule has 0 amide bonds. The Bertz CT molecular complexity index is 740. The number of aliphatic carboxylic acids is 1. The first kappa shape index (κ1) is 20.7. The lowest BCUT2D eigenvalue weighted by Gasteiger charge is -2.28. The molecule has 3 atom stereocenters. The van der Waals surface area contributed by atoms with Crippen LogP contribution in [0.15, 0.2) is 47.1 Å². The van der Waals surface area contributed by atoms with Gasteiger partial charge in [-0.05, 0) is 39.7 Å². The van der Waals surface area contributed by atoms with E-state index in [4.69, 9.17) is 9.47 Å². The molecule has 0 aromatic heterocycles. The van der Waals surface area contributed by atoms with Crippen LogP contribution in [0, 0.1) is 5.92 Å². The Morgan fingerprint density at radius 3 is 2.78 bits per heavy atom. The summed E-state index contributed by atoms with van der Waals surface area (Å²) in [5, 5.41) is 9.22. The first-order valence-corrected chi connectivity index (χ1v) is 9.03. The number of hydrogen-bond acceptors (Lipinski definition) is 5. The summed E-state index contributed by atoms with van der Waals surface area (Å²) in [6.07, 6.45) is 5.59. The number of ether oxygens (including phenoxy) is 2. The monoisotopic (exact) mass is 374 g/mol. The zero-order valence-electron chi connectivity index (χ0n) is 16.0. The maximum Gasteiger partial charge on any atom is 0.334 e. The van der Waals surface area contributed by atoms with Gasteiger partial charge < -0.3 is 14.6 Å². The Morgan fingerprint density at radius 2 is 2.15 bits per heavy atom. The van der Waals surface area contributed by atoms with E-state index in [9.17, 15) is 19.5 Å². The van der Waals surface area contributed by atoms with Crippen molar-refractivity contribution in [3.05, 3.63) is 47.1 Å². The summed E-state index contributed by atoms with van der Waals surface area (Å²) in [5.74, 6) is -2.51. The topological polar surface area (TPSA) is 89.9 Å². The van der Waals surface area contributed by atoms with Gasteiger partial charge in [0, 0.05) is 17.6 Å². The largest absolute Gasteiger partial charge is 0.481 e. The number of carbonyl (C=O) groups excluding carboxylic acids is 2. The maximum atomic E-state index is 12.4. The first-order chi connectivity index (χ1) is 12.7. The number of hydrogen-bond donors (Lipinski definition) is 1. The highest BCUT2D eigenvalue weighted by Crippen LogP contribution is 2.37. The third-order valence-electron chi connectivity index (χ3n) is 4.94. The molecule has 1 aliphatic heterocycles. The van der Waals surface area contributed by atoms with Crippen LogP contribution in [0.3, 0.4) is 0 Å². The lowest BCUT2D eigenvalue weighted by atomic mass is 9.84. The molecule has 1 fully saturated rings. The van der Waals surface area contributed by atoms with Crippen molar-refractivity contribution in [1.29, 1.82) is 0 Å². The van der Waals surface area contributed by atoms with Crippen LogP contribution in [0.25, 0.3) is 0 Å². The molecule has 0 radical (unpaired) electrons. The molecule has 6 nitrogen and oxygen atoms in total. The molecule has 1 N–H and O–H groups in total. The molecule has 0 bridgehead atoms. The van der Waals surface area contributed by atoms with E-state index in [0.717, 1.165) is 12.0 Å². The van der Waals surface area contributed by atoms with Gasteiger partial charge >= 0.3 is 17.9 Å². The van der Waals surface area contributed by atoms with E-state index in [2.05, 4.69) is 6.58 Å². The van der Waals surface area contributed by atoms with E-state index in [1.54, 1.807) is 19.9 Å². The molecule has 2 aliphatic rings. The van der Waals surface area contributed by atoms with E-state index in [-0.39, 0.29) is 18.4 Å². The average Bonchev–Trinajstić information content (AvgIpc) is 2.86. The fourth-order valence-electron chi connectivity index (χ4n) is 3.32. The van der Waals surface area contributed by atoms with Gasteiger partial charge in [0.1, 0.15) is 12.2 Å². The van der Waals surface area contributed by atoms with Crippen molar-refractivity contribution >= 4 is 17.9 Å². The zero-order chi connectivity index (χ0) is 20.1. The van der Waals surface area contributed by atoms with Crippen molar-refractivity contribution in [2.75, 3.05) is 0 Å². The summed E-state index contributed by atoms with van der Waals surface area (Å²) in [6.45, 7) is 9.14. The molecule has 0 spiro atoms. The molecule has 1 aliphatic carbocycles. The molecule has 6 heteroatoms. The van der Waals surface area contributed by atoms with Crippen LogP contribution in [0.5, 0.6) is 0 Å². The van der Waals surface area contributed by atoms with Gasteiger partial charge in [0.2, 0.25) is 0 Å². The summed E-state index contributed by atoms with van der Waals surface area (Å²) in [7, 11) is 0. The number of esters is 2. The Morgan fingerprint density at radius 1 is 1.44 bits per heavy atom. The van der Waals surface area contributed by atoms with Crippen molar-refractivity contribution in [2.24, 2.45) is 5.92 Å². The number of fused-ring (bicyclic) bond motifs is 1. The van der Waals surface area contributed by atoms with Gasteiger partial charge in [-0.25, -0.2) is 9.59 Å². The number of allylic oxidation sites excluding steroid dienone is 3. The lowest BCUT2D eigenvalue weighted by molar-refractivity contribution is -0.147. The molecular weight excluding hydrogens is 348 g/mol. The van der Waals surface area contributed by atoms with Crippen LogP contribution in [0.1, 0.15) is 46.5 Å². The van der Waals surface area contributed by atoms with Crippen LogP contribution in [0.2, 0.25) is 0 Å². The quantitative estimate of drug-likeness (QED) is 0.460. The van der Waals surface area contributed by atoms with E-state index < -0.39 is 36.0 Å². The number of carbonyl (C=O) groups is 3. The molecule has 27 heavy (non-hydrogen) atoms. The molecule has 2 rings (SSSR count). The molecule has 1 heterocycles. The summed E-state index contributed by atoms with van der Waals surface area (Å²) in [4.78, 5) is 35.7. The van der Waals surface area contributed by atoms with Gasteiger partial charge in [-0.3, -0.25) is 4.79 Å². The van der Waals surface area contributed by atoms with Crippen molar-refractivity contribution < 1.29 is 29.0 Å². The van der Waals surface area contributed by atoms with Gasteiger partial charge in [0.15, 0.2) is 0 Å². The Kier molecular flexibility index (Phi) is 6.77. The zero-order valence-corrected chi connectivity index (χ0v) is 16.0. The highest BCUT2D eigenvalue weighted by Gasteiger charge is 2.44. The lowest BCUT2D eigenvalue weighted by Crippen LogP contribution is -2.34. The van der Waals surface area contributed by atoms with Gasteiger partial charge in [0.25, 0.3) is 0 Å². The molecular formula is C21H26O6. The highest BCUT2D eigenvalue weighted by molar-refractivity contribution is 5.92. The van der Waals surface area contributed by atoms with Gasteiger partial charge in [-0.1, -0.05) is 29.9 Å². The van der Waals surface area contributed by atoms with Gasteiger partial charge in [-0.2, -0.15) is 0 Å². The first-order valence-electron chi connectivity index (χ1n) is 9.03. The fourth-order valence-corrected chi connectivity index (χ4v) is 3.32. The Labute approximate surface area is 159 Å². The molecule has 1 saturated heterocycles. The summed E-state index contributed by atoms with van der Waals surface area (Å²) in [6, 6.07) is 0. The van der Waals surface area contributed by atoms with Crippen molar-refractivity contribution in [3.8, 4) is 0 Å². The molecule has 146 valence electrons. The molecule has 0 saturated carbocycles. The number of carboxylic acids is 1. The van der Waals surface area contributed by atoms with Crippen molar-refractivity contribution in [2.45, 2.75) is 58.7 Å². The van der Waals surface area contributed by atoms with Crippen LogP contribution in [-0.2, 0) is 23.9 Å². The average molecular weight is 374 g/mol. The van der Waals surface area contributed by atoms with E-state index in [0.29, 0.717) is 17.6 Å². The summed E-state index contributed by atoms with van der Waals surface area (Å²) in [5.41, 5.74) is 2.37. The van der Waals surface area contributed by atoms with Crippen LogP contribution in [-0.4, -0.2) is 35.2 Å². The fraction of sp³-hybridized carbons (Fsp3) is 0.476. The van der Waals surface area contributed by atoms with Crippen LogP contribution in [0.4, 0.5) is 0 Å². The predicted molar refractivity (Wildman–Crippen MR) is 99.8 cm³/mol. The number of rotatable bonds is 4. The third kappa shape index (κ3) is 5.18. The van der Waals surface area contributed by atoms with E-state index in [1.165, 1.54) is 0 Å². The number of carboxylic acid groups (broad SMARTS) is 1. The SMILES string of the molecule is C=C1C(=O)O[C@@H]2/C=C(\C)CC/C=C(\CC(=O)O)C[C@@H](OC(=O)/C(C)=C/C)[C@@H]12. The van der Waals surface area contributed by atoms with E-state index >= 15 is 0 Å². The van der Waals surface area contributed by atoms with Crippen molar-refractivity contribution in [3.63, 3.8) is 0 Å². The Hall–Kier alpha value is -2.63. The smallest absolute Gasteiger partial charge is 0.334 e. The second kappa shape index (κ2) is 8.84. The highest BCUT2D eigenvalue weighted by atomic mass is 16.6.